The van der Waals surface area contributed by atoms with Crippen molar-refractivity contribution in [2.45, 2.75) is 6.54 Å². The van der Waals surface area contributed by atoms with E-state index in [4.69, 9.17) is 22.7 Å². The highest BCUT2D eigenvalue weighted by molar-refractivity contribution is 6.32. The maximum atomic E-state index is 13.1. The Labute approximate surface area is 118 Å². The summed E-state index contributed by atoms with van der Waals surface area (Å²) in [5.74, 6) is -1.64. The van der Waals surface area contributed by atoms with E-state index >= 15 is 0 Å². The number of nitrogen functional groups attached to an aromatic ring is 1. The van der Waals surface area contributed by atoms with Crippen molar-refractivity contribution in [3.05, 3.63) is 46.1 Å². The third kappa shape index (κ3) is 3.00. The van der Waals surface area contributed by atoms with Gasteiger partial charge in [0.05, 0.1) is 5.56 Å². The largest absolute Gasteiger partial charge is 0.368 e. The summed E-state index contributed by atoms with van der Waals surface area (Å²) in [5.41, 5.74) is 6.24. The quantitative estimate of drug-likeness (QED) is 0.598. The average molecular weight is 298 g/mol. The van der Waals surface area contributed by atoms with Crippen molar-refractivity contribution in [1.29, 1.82) is 5.41 Å². The van der Waals surface area contributed by atoms with Gasteiger partial charge in [-0.15, -0.1) is 0 Å². The Morgan fingerprint density at radius 3 is 2.70 bits per heavy atom. The van der Waals surface area contributed by atoms with Crippen LogP contribution in [0.3, 0.4) is 0 Å². The van der Waals surface area contributed by atoms with Gasteiger partial charge in [0.25, 0.3) is 0 Å². The number of nitrogens with two attached hydrogens (primary N) is 1. The van der Waals surface area contributed by atoms with Gasteiger partial charge in [0.2, 0.25) is 5.95 Å². The molecular weight excluding hydrogens is 288 g/mol. The van der Waals surface area contributed by atoms with Gasteiger partial charge in [-0.1, -0.05) is 17.7 Å². The molecule has 0 fully saturated rings. The van der Waals surface area contributed by atoms with Crippen LogP contribution >= 0.6 is 11.6 Å². The molecule has 0 aliphatic heterocycles. The molecule has 0 saturated carbocycles. The van der Waals surface area contributed by atoms with Crippen LogP contribution in [0.15, 0.2) is 18.2 Å². The molecule has 2 aromatic rings. The smallest absolute Gasteiger partial charge is 0.223 e. The zero-order chi connectivity index (χ0) is 14.7. The first-order valence-electron chi connectivity index (χ1n) is 5.52. The minimum atomic E-state index is -0.934. The molecule has 0 amide bonds. The van der Waals surface area contributed by atoms with Gasteiger partial charge >= 0.3 is 0 Å². The van der Waals surface area contributed by atoms with E-state index in [1.807, 2.05) is 0 Å². The Morgan fingerprint density at radius 2 is 2.05 bits per heavy atom. The van der Waals surface area contributed by atoms with E-state index in [1.165, 1.54) is 6.07 Å². The number of rotatable bonds is 4. The van der Waals surface area contributed by atoms with Gasteiger partial charge in [-0.3, -0.25) is 0 Å². The zero-order valence-corrected chi connectivity index (χ0v) is 10.9. The third-order valence-electron chi connectivity index (χ3n) is 2.50. The molecule has 1 heterocycles. The van der Waals surface area contributed by atoms with Crippen molar-refractivity contribution in [2.24, 2.45) is 0 Å². The van der Waals surface area contributed by atoms with E-state index < -0.39 is 11.6 Å². The number of halogens is 3. The van der Waals surface area contributed by atoms with Gasteiger partial charge < -0.3 is 16.5 Å². The highest BCUT2D eigenvalue weighted by Gasteiger charge is 2.10. The van der Waals surface area contributed by atoms with E-state index in [0.717, 1.165) is 18.3 Å². The molecule has 5 nitrogen and oxygen atoms in total. The molecule has 0 radical (unpaired) electrons. The van der Waals surface area contributed by atoms with Crippen LogP contribution in [-0.4, -0.2) is 16.2 Å². The molecule has 20 heavy (non-hydrogen) atoms. The number of nitrogens with one attached hydrogen (secondary N) is 2. The molecule has 0 bridgehead atoms. The van der Waals surface area contributed by atoms with Gasteiger partial charge in [-0.2, -0.15) is 4.98 Å². The van der Waals surface area contributed by atoms with Crippen molar-refractivity contribution in [3.63, 3.8) is 0 Å². The summed E-state index contributed by atoms with van der Waals surface area (Å²) in [6.07, 6.45) is 0.981. The molecule has 0 aliphatic carbocycles. The molecule has 4 N–H and O–H groups in total. The molecule has 1 aromatic heterocycles. The van der Waals surface area contributed by atoms with E-state index in [1.54, 1.807) is 0 Å². The number of benzene rings is 1. The summed E-state index contributed by atoms with van der Waals surface area (Å²) >= 11 is 5.83. The SMILES string of the molecule is N=Cc1c(Cl)nc(N)nc1NCc1ccc(F)c(F)c1. The number of nitrogens with zero attached hydrogens (tertiary/aromatic N) is 2. The van der Waals surface area contributed by atoms with Crippen LogP contribution in [0.1, 0.15) is 11.1 Å². The Bertz CT molecular complexity index is 663. The first-order chi connectivity index (χ1) is 9.51. The fourth-order valence-corrected chi connectivity index (χ4v) is 1.79. The van der Waals surface area contributed by atoms with E-state index in [0.29, 0.717) is 5.56 Å². The van der Waals surface area contributed by atoms with Gasteiger partial charge in [0.1, 0.15) is 11.0 Å². The molecule has 2 rings (SSSR count). The maximum Gasteiger partial charge on any atom is 0.223 e. The highest BCUT2D eigenvalue weighted by Crippen LogP contribution is 2.20. The minimum Gasteiger partial charge on any atom is -0.368 e. The number of hydrogen-bond acceptors (Lipinski definition) is 5. The van der Waals surface area contributed by atoms with E-state index in [2.05, 4.69) is 15.3 Å². The predicted molar refractivity (Wildman–Crippen MR) is 73.0 cm³/mol. The van der Waals surface area contributed by atoms with Crippen molar-refractivity contribution < 1.29 is 8.78 Å². The molecule has 0 spiro atoms. The van der Waals surface area contributed by atoms with Crippen LogP contribution in [0, 0.1) is 17.0 Å². The first-order valence-corrected chi connectivity index (χ1v) is 5.90. The van der Waals surface area contributed by atoms with Gasteiger partial charge in [-0.05, 0) is 17.7 Å². The molecule has 0 aliphatic rings. The van der Waals surface area contributed by atoms with Gasteiger partial charge in [-0.25, -0.2) is 13.8 Å². The van der Waals surface area contributed by atoms with Crippen LogP contribution in [-0.2, 0) is 6.54 Å². The topological polar surface area (TPSA) is 87.7 Å². The van der Waals surface area contributed by atoms with Crippen LogP contribution in [0.25, 0.3) is 0 Å². The summed E-state index contributed by atoms with van der Waals surface area (Å²) in [4.78, 5) is 7.63. The van der Waals surface area contributed by atoms with Crippen LogP contribution in [0.5, 0.6) is 0 Å². The van der Waals surface area contributed by atoms with Gasteiger partial charge in [0.15, 0.2) is 11.6 Å². The normalized spacial score (nSPS) is 10.3. The second-order valence-corrected chi connectivity index (χ2v) is 4.24. The van der Waals surface area contributed by atoms with E-state index in [-0.39, 0.29) is 29.0 Å². The number of aromatic nitrogens is 2. The first kappa shape index (κ1) is 14.1. The van der Waals surface area contributed by atoms with Crippen LogP contribution in [0.4, 0.5) is 20.5 Å². The second kappa shape index (κ2) is 5.79. The molecule has 0 saturated heterocycles. The Balaban J connectivity index is 2.22. The van der Waals surface area contributed by atoms with Gasteiger partial charge in [0, 0.05) is 12.8 Å². The van der Waals surface area contributed by atoms with Crippen molar-refractivity contribution in [1.82, 2.24) is 9.97 Å². The monoisotopic (exact) mass is 297 g/mol. The second-order valence-electron chi connectivity index (χ2n) is 3.88. The summed E-state index contributed by atoms with van der Waals surface area (Å²) in [5, 5.41) is 10.2. The van der Waals surface area contributed by atoms with Crippen molar-refractivity contribution in [2.75, 3.05) is 11.1 Å². The molecular formula is C12H10ClF2N5. The summed E-state index contributed by atoms with van der Waals surface area (Å²) in [7, 11) is 0. The van der Waals surface area contributed by atoms with Crippen LogP contribution in [0.2, 0.25) is 5.15 Å². The fraction of sp³-hybridized carbons (Fsp3) is 0.0833. The fourth-order valence-electron chi connectivity index (χ4n) is 1.56. The molecule has 1 aromatic carbocycles. The lowest BCUT2D eigenvalue weighted by Gasteiger charge is -2.10. The Morgan fingerprint density at radius 1 is 1.30 bits per heavy atom. The highest BCUT2D eigenvalue weighted by atomic mass is 35.5. The lowest BCUT2D eigenvalue weighted by atomic mass is 10.2. The summed E-state index contributed by atoms with van der Waals surface area (Å²) in [6, 6.07) is 3.53. The lowest BCUT2D eigenvalue weighted by molar-refractivity contribution is 0.507. The Kier molecular flexibility index (Phi) is 4.09. The molecule has 104 valence electrons. The zero-order valence-electron chi connectivity index (χ0n) is 10.1. The van der Waals surface area contributed by atoms with Crippen LogP contribution < -0.4 is 11.1 Å². The number of hydrogen-bond donors (Lipinski definition) is 3. The number of anilines is 2. The maximum absolute atomic E-state index is 13.1. The third-order valence-corrected chi connectivity index (χ3v) is 2.79. The van der Waals surface area contributed by atoms with Crippen molar-refractivity contribution in [3.8, 4) is 0 Å². The van der Waals surface area contributed by atoms with E-state index in [9.17, 15) is 8.78 Å². The summed E-state index contributed by atoms with van der Waals surface area (Å²) < 4.78 is 25.9. The standard InChI is InChI=1S/C12H10ClF2N5/c13-10-7(4-16)11(20-12(17)19-10)18-5-6-1-2-8(14)9(15)3-6/h1-4,16H,5H2,(H3,17,18,19,20). The lowest BCUT2D eigenvalue weighted by Crippen LogP contribution is -2.08. The average Bonchev–Trinajstić information content (AvgIpc) is 2.39. The predicted octanol–water partition coefficient (Wildman–Crippen LogP) is 2.60. The Hall–Kier alpha value is -2.28. The molecule has 0 atom stereocenters. The summed E-state index contributed by atoms with van der Waals surface area (Å²) in [6.45, 7) is 0.171. The van der Waals surface area contributed by atoms with Crippen molar-refractivity contribution >= 4 is 29.6 Å². The molecule has 8 heteroatoms. The molecule has 0 unspecified atom stereocenters. The minimum absolute atomic E-state index is 0.0419.